The molecule has 9 heteroatoms. The summed E-state index contributed by atoms with van der Waals surface area (Å²) in [6.45, 7) is 2.41. The second-order valence-corrected chi connectivity index (χ2v) is 8.95. The number of hydrogen-bond acceptors (Lipinski definition) is 8. The first kappa shape index (κ1) is 18.8. The lowest BCUT2D eigenvalue weighted by Crippen LogP contribution is -2.31. The summed E-state index contributed by atoms with van der Waals surface area (Å²) < 4.78 is 1.13. The molecule has 1 aliphatic heterocycles. The molecule has 2 aromatic heterocycles. The fourth-order valence-corrected chi connectivity index (χ4v) is 5.11. The molecule has 0 fully saturated rings. The van der Waals surface area contributed by atoms with E-state index in [0.717, 1.165) is 26.8 Å². The van der Waals surface area contributed by atoms with Gasteiger partial charge in [0.1, 0.15) is 5.01 Å². The number of benzene rings is 2. The quantitative estimate of drug-likeness (QED) is 0.455. The summed E-state index contributed by atoms with van der Waals surface area (Å²) in [5.41, 5.74) is 3.16. The topological polar surface area (TPSA) is 88.1 Å². The number of fused-ring (bicyclic) bond motifs is 2. The molecule has 3 heterocycles. The molecule has 2 aromatic carbocycles. The third-order valence-corrected chi connectivity index (χ3v) is 6.80. The van der Waals surface area contributed by atoms with Crippen LogP contribution in [0.25, 0.3) is 10.2 Å². The van der Waals surface area contributed by atoms with Crippen molar-refractivity contribution in [2.24, 2.45) is 0 Å². The van der Waals surface area contributed by atoms with Gasteiger partial charge in [0.05, 0.1) is 21.3 Å². The highest BCUT2D eigenvalue weighted by Crippen LogP contribution is 2.30. The average Bonchev–Trinajstić information content (AvgIpc) is 3.44. The van der Waals surface area contributed by atoms with Gasteiger partial charge in [-0.3, -0.25) is 14.5 Å². The number of nitrogens with one attached hydrogen (secondary N) is 1. The number of carbonyl (C=O) groups excluding carboxylic acids is 2. The predicted octanol–water partition coefficient (Wildman–Crippen LogP) is 4.29. The van der Waals surface area contributed by atoms with Crippen molar-refractivity contribution in [3.05, 3.63) is 64.2 Å². The summed E-state index contributed by atoms with van der Waals surface area (Å²) >= 11 is 2.98. The van der Waals surface area contributed by atoms with Crippen molar-refractivity contribution in [1.82, 2.24) is 20.1 Å². The molecule has 0 radical (unpaired) electrons. The number of rotatable bonds is 6. The van der Waals surface area contributed by atoms with Crippen LogP contribution in [0.4, 0.5) is 10.3 Å². The van der Waals surface area contributed by atoms with E-state index < -0.39 is 0 Å². The molecule has 7 nitrogen and oxygen atoms in total. The van der Waals surface area contributed by atoms with E-state index in [-0.39, 0.29) is 18.4 Å². The van der Waals surface area contributed by atoms with E-state index in [1.54, 1.807) is 35.6 Å². The van der Waals surface area contributed by atoms with Crippen molar-refractivity contribution < 1.29 is 9.59 Å². The van der Waals surface area contributed by atoms with Crippen molar-refractivity contribution in [2.75, 3.05) is 11.9 Å². The Labute approximate surface area is 180 Å². The number of imide groups is 1. The number of amides is 2. The van der Waals surface area contributed by atoms with E-state index in [1.807, 2.05) is 6.07 Å². The summed E-state index contributed by atoms with van der Waals surface area (Å²) in [6.07, 6.45) is 1.45. The van der Waals surface area contributed by atoms with Crippen molar-refractivity contribution in [3.63, 3.8) is 0 Å². The monoisotopic (exact) mass is 435 g/mol. The molecule has 0 bridgehead atoms. The molecule has 150 valence electrons. The maximum atomic E-state index is 12.5. The van der Waals surface area contributed by atoms with Gasteiger partial charge in [-0.05, 0) is 36.2 Å². The van der Waals surface area contributed by atoms with Crippen LogP contribution in [-0.2, 0) is 12.8 Å². The summed E-state index contributed by atoms with van der Waals surface area (Å²) in [5, 5.41) is 13.7. The van der Waals surface area contributed by atoms with Gasteiger partial charge in [-0.1, -0.05) is 47.8 Å². The van der Waals surface area contributed by atoms with Gasteiger partial charge in [0.2, 0.25) is 5.13 Å². The maximum absolute atomic E-state index is 12.5. The SMILES string of the molecule is CCc1ccc2nc(Nc3nnc(CCN4C(=O)c5ccccc5C4=O)s3)sc2c1. The lowest BCUT2D eigenvalue weighted by molar-refractivity contribution is 0.0656. The minimum absolute atomic E-state index is 0.251. The van der Waals surface area contributed by atoms with E-state index in [2.05, 4.69) is 39.6 Å². The summed E-state index contributed by atoms with van der Waals surface area (Å²) in [5.74, 6) is -0.501. The van der Waals surface area contributed by atoms with Crippen molar-refractivity contribution >= 4 is 55.0 Å². The highest BCUT2D eigenvalue weighted by Gasteiger charge is 2.34. The summed E-state index contributed by atoms with van der Waals surface area (Å²) in [4.78, 5) is 30.8. The number of anilines is 2. The molecule has 1 aliphatic rings. The lowest BCUT2D eigenvalue weighted by atomic mass is 10.1. The van der Waals surface area contributed by atoms with E-state index in [1.165, 1.54) is 21.8 Å². The molecule has 0 spiro atoms. The lowest BCUT2D eigenvalue weighted by Gasteiger charge is -2.11. The second-order valence-electron chi connectivity index (χ2n) is 6.86. The molecule has 0 saturated heterocycles. The normalized spacial score (nSPS) is 13.3. The molecule has 5 rings (SSSR count). The Balaban J connectivity index is 1.25. The van der Waals surface area contributed by atoms with Crippen LogP contribution in [0.3, 0.4) is 0 Å². The zero-order valence-corrected chi connectivity index (χ0v) is 17.7. The van der Waals surface area contributed by atoms with Crippen LogP contribution in [0.15, 0.2) is 42.5 Å². The van der Waals surface area contributed by atoms with Gasteiger partial charge in [-0.15, -0.1) is 10.2 Å². The summed E-state index contributed by atoms with van der Waals surface area (Å²) in [7, 11) is 0. The Morgan fingerprint density at radius 1 is 0.967 bits per heavy atom. The van der Waals surface area contributed by atoms with E-state index >= 15 is 0 Å². The van der Waals surface area contributed by atoms with E-state index in [0.29, 0.717) is 22.7 Å². The number of aryl methyl sites for hydroxylation is 1. The van der Waals surface area contributed by atoms with Crippen LogP contribution >= 0.6 is 22.7 Å². The molecule has 4 aromatic rings. The van der Waals surface area contributed by atoms with E-state index in [4.69, 9.17) is 0 Å². The maximum Gasteiger partial charge on any atom is 0.261 e. The Morgan fingerprint density at radius 2 is 1.73 bits per heavy atom. The fourth-order valence-electron chi connectivity index (χ4n) is 3.39. The van der Waals surface area contributed by atoms with Crippen LogP contribution in [0.1, 0.15) is 38.2 Å². The van der Waals surface area contributed by atoms with Crippen molar-refractivity contribution in [2.45, 2.75) is 19.8 Å². The molecule has 30 heavy (non-hydrogen) atoms. The third kappa shape index (κ3) is 3.35. The second kappa shape index (κ2) is 7.58. The Bertz CT molecular complexity index is 1240. The minimum atomic E-state index is -0.251. The van der Waals surface area contributed by atoms with Gasteiger partial charge in [-0.25, -0.2) is 4.98 Å². The minimum Gasteiger partial charge on any atom is -0.306 e. The number of hydrogen-bond donors (Lipinski definition) is 1. The molecule has 1 N–H and O–H groups in total. The molecule has 0 atom stereocenters. The number of aromatic nitrogens is 3. The Hall–Kier alpha value is -3.17. The highest BCUT2D eigenvalue weighted by molar-refractivity contribution is 7.22. The van der Waals surface area contributed by atoms with Crippen LogP contribution in [0.2, 0.25) is 0 Å². The van der Waals surface area contributed by atoms with Gasteiger partial charge in [0.25, 0.3) is 11.8 Å². The van der Waals surface area contributed by atoms with Crippen LogP contribution in [0, 0.1) is 0 Å². The van der Waals surface area contributed by atoms with Gasteiger partial charge in [0.15, 0.2) is 5.13 Å². The first-order valence-electron chi connectivity index (χ1n) is 9.56. The molecular formula is C21H17N5O2S2. The smallest absolute Gasteiger partial charge is 0.261 e. The first-order chi connectivity index (χ1) is 14.6. The Kier molecular flexibility index (Phi) is 4.76. The van der Waals surface area contributed by atoms with Gasteiger partial charge >= 0.3 is 0 Å². The van der Waals surface area contributed by atoms with Gasteiger partial charge in [0, 0.05) is 13.0 Å². The third-order valence-electron chi connectivity index (χ3n) is 4.97. The average molecular weight is 436 g/mol. The van der Waals surface area contributed by atoms with E-state index in [9.17, 15) is 9.59 Å². The molecule has 0 aliphatic carbocycles. The fraction of sp³-hybridized carbons (Fsp3) is 0.190. The first-order valence-corrected chi connectivity index (χ1v) is 11.2. The summed E-state index contributed by atoms with van der Waals surface area (Å²) in [6, 6.07) is 13.2. The molecular weight excluding hydrogens is 418 g/mol. The standard InChI is InChI=1S/C21H17N5O2S2/c1-2-12-7-8-15-16(11-12)29-20(22-15)23-21-25-24-17(30-21)9-10-26-18(27)13-5-3-4-6-14(13)19(26)28/h3-8,11H,2,9-10H2,1H3,(H,22,23,25). The number of thiazole rings is 1. The van der Waals surface area contributed by atoms with Crippen molar-refractivity contribution in [1.29, 1.82) is 0 Å². The van der Waals surface area contributed by atoms with Crippen LogP contribution in [-0.4, -0.2) is 38.4 Å². The van der Waals surface area contributed by atoms with Crippen LogP contribution in [0.5, 0.6) is 0 Å². The molecule has 2 amide bonds. The Morgan fingerprint density at radius 3 is 2.47 bits per heavy atom. The predicted molar refractivity (Wildman–Crippen MR) is 118 cm³/mol. The zero-order valence-electron chi connectivity index (χ0n) is 16.1. The number of carbonyl (C=O) groups is 2. The molecule has 0 unspecified atom stereocenters. The van der Waals surface area contributed by atoms with Crippen LogP contribution < -0.4 is 5.32 Å². The van der Waals surface area contributed by atoms with Gasteiger partial charge < -0.3 is 5.32 Å². The number of nitrogens with zero attached hydrogens (tertiary/aromatic N) is 4. The van der Waals surface area contributed by atoms with Crippen molar-refractivity contribution in [3.8, 4) is 0 Å². The largest absolute Gasteiger partial charge is 0.306 e. The zero-order chi connectivity index (χ0) is 20.7. The van der Waals surface area contributed by atoms with Gasteiger partial charge in [-0.2, -0.15) is 0 Å². The molecule has 0 saturated carbocycles. The highest BCUT2D eigenvalue weighted by atomic mass is 32.1.